The molecule has 0 radical (unpaired) electrons. The molecule has 0 spiro atoms. The summed E-state index contributed by atoms with van der Waals surface area (Å²) in [7, 11) is 0. The first-order chi connectivity index (χ1) is 14.9. The van der Waals surface area contributed by atoms with Gasteiger partial charge in [0, 0.05) is 35.2 Å². The molecule has 156 valence electrons. The number of aryl methyl sites for hydroxylation is 1. The number of H-pyrrole nitrogens is 1. The van der Waals surface area contributed by atoms with Crippen molar-refractivity contribution >= 4 is 35.0 Å². The Balaban J connectivity index is 1.65. The average molecular weight is 433 g/mol. The van der Waals surface area contributed by atoms with E-state index in [1.807, 2.05) is 43.3 Å². The number of aromatic hydroxyl groups is 1. The highest BCUT2D eigenvalue weighted by Gasteiger charge is 2.10. The Labute approximate surface area is 183 Å². The Bertz CT molecular complexity index is 1210. The predicted octanol–water partition coefficient (Wildman–Crippen LogP) is 4.73. The molecule has 4 N–H and O–H groups in total. The van der Waals surface area contributed by atoms with Crippen LogP contribution >= 0.6 is 11.8 Å². The lowest BCUT2D eigenvalue weighted by Gasteiger charge is -2.10. The van der Waals surface area contributed by atoms with Crippen LogP contribution in [-0.4, -0.2) is 31.2 Å². The van der Waals surface area contributed by atoms with Crippen LogP contribution in [0.3, 0.4) is 0 Å². The fourth-order valence-electron chi connectivity index (χ4n) is 2.85. The summed E-state index contributed by atoms with van der Waals surface area (Å²) < 4.78 is 0. The number of phenols is 1. The van der Waals surface area contributed by atoms with Gasteiger partial charge in [0.25, 0.3) is 0 Å². The summed E-state index contributed by atoms with van der Waals surface area (Å²) >= 11 is 1.41. The molecule has 9 heteroatoms. The molecule has 0 fully saturated rings. The van der Waals surface area contributed by atoms with Crippen LogP contribution in [0.15, 0.2) is 70.7 Å². The van der Waals surface area contributed by atoms with E-state index in [1.54, 1.807) is 24.3 Å². The van der Waals surface area contributed by atoms with Gasteiger partial charge in [-0.15, -0.1) is 0 Å². The predicted molar refractivity (Wildman–Crippen MR) is 121 cm³/mol. The van der Waals surface area contributed by atoms with E-state index in [0.29, 0.717) is 16.7 Å². The van der Waals surface area contributed by atoms with Crippen molar-refractivity contribution in [2.24, 2.45) is 0 Å². The number of hydrogen-bond acceptors (Lipinski definition) is 7. The van der Waals surface area contributed by atoms with Crippen molar-refractivity contribution in [1.82, 2.24) is 20.2 Å². The van der Waals surface area contributed by atoms with Crippen molar-refractivity contribution in [3.05, 3.63) is 66.4 Å². The first kappa shape index (κ1) is 20.4. The van der Waals surface area contributed by atoms with E-state index in [1.165, 1.54) is 18.7 Å². The summed E-state index contributed by atoms with van der Waals surface area (Å²) in [5, 5.41) is 23.2. The number of amides is 1. The van der Waals surface area contributed by atoms with Crippen LogP contribution in [0.4, 0.5) is 17.3 Å². The van der Waals surface area contributed by atoms with Gasteiger partial charge in [-0.2, -0.15) is 5.10 Å². The summed E-state index contributed by atoms with van der Waals surface area (Å²) in [4.78, 5) is 21.4. The van der Waals surface area contributed by atoms with Gasteiger partial charge in [0.05, 0.1) is 11.4 Å². The molecule has 0 saturated heterocycles. The minimum Gasteiger partial charge on any atom is -0.508 e. The Kier molecular flexibility index (Phi) is 5.85. The number of nitrogens with zero attached hydrogens (tertiary/aromatic N) is 3. The molecule has 2 aromatic carbocycles. The molecule has 0 atom stereocenters. The topological polar surface area (TPSA) is 116 Å². The third-order valence-corrected chi connectivity index (χ3v) is 5.09. The SMILES string of the molecule is CC(=O)Nc1ccc(Sc2nc(Nc3cc(C)n[nH]3)cc(-c3ccc(O)cc3)n2)cc1. The molecular formula is C22H20N6O2S. The summed E-state index contributed by atoms with van der Waals surface area (Å²) in [6, 6.07) is 18.0. The molecule has 2 heterocycles. The molecule has 0 aliphatic carbocycles. The molecule has 31 heavy (non-hydrogen) atoms. The highest BCUT2D eigenvalue weighted by Crippen LogP contribution is 2.30. The largest absolute Gasteiger partial charge is 0.508 e. The number of hydrogen-bond donors (Lipinski definition) is 4. The van der Waals surface area contributed by atoms with Gasteiger partial charge in [-0.25, -0.2) is 9.97 Å². The average Bonchev–Trinajstić information content (AvgIpc) is 3.14. The second-order valence-electron chi connectivity index (χ2n) is 6.82. The number of aromatic nitrogens is 4. The highest BCUT2D eigenvalue weighted by molar-refractivity contribution is 7.99. The highest BCUT2D eigenvalue weighted by atomic mass is 32.2. The third kappa shape index (κ3) is 5.40. The standard InChI is InChI=1S/C22H20N6O2S/c1-13-11-21(28-27-13)25-20-12-19(15-3-7-17(30)8-4-15)24-22(26-20)31-18-9-5-16(6-10-18)23-14(2)29/h3-12,30H,1-2H3,(H,23,29)(H2,24,25,26,27,28). The zero-order chi connectivity index (χ0) is 21.8. The van der Waals surface area contributed by atoms with Crippen molar-refractivity contribution in [3.8, 4) is 17.0 Å². The number of rotatable bonds is 6. The molecule has 1 amide bonds. The van der Waals surface area contributed by atoms with Crippen molar-refractivity contribution in [2.75, 3.05) is 10.6 Å². The molecule has 0 aliphatic rings. The first-order valence-electron chi connectivity index (χ1n) is 9.48. The molecule has 8 nitrogen and oxygen atoms in total. The van der Waals surface area contributed by atoms with Crippen LogP contribution in [0.5, 0.6) is 5.75 Å². The first-order valence-corrected chi connectivity index (χ1v) is 10.3. The number of nitrogens with one attached hydrogen (secondary N) is 3. The Morgan fingerprint density at radius 1 is 1.03 bits per heavy atom. The normalized spacial score (nSPS) is 10.6. The summed E-state index contributed by atoms with van der Waals surface area (Å²) in [5.74, 6) is 1.41. The lowest BCUT2D eigenvalue weighted by Crippen LogP contribution is -2.05. The minimum absolute atomic E-state index is 0.116. The summed E-state index contributed by atoms with van der Waals surface area (Å²) in [6.07, 6.45) is 0. The molecule has 0 aliphatic heterocycles. The fourth-order valence-corrected chi connectivity index (χ4v) is 3.62. The third-order valence-electron chi connectivity index (χ3n) is 4.22. The van der Waals surface area contributed by atoms with E-state index in [4.69, 9.17) is 0 Å². The second kappa shape index (κ2) is 8.88. The zero-order valence-electron chi connectivity index (χ0n) is 16.9. The van der Waals surface area contributed by atoms with Gasteiger partial charge < -0.3 is 15.7 Å². The maximum atomic E-state index is 11.2. The molecular weight excluding hydrogens is 412 g/mol. The van der Waals surface area contributed by atoms with E-state index < -0.39 is 0 Å². The Morgan fingerprint density at radius 2 is 1.77 bits per heavy atom. The number of phenolic OH excluding ortho intramolecular Hbond substituents is 1. The lowest BCUT2D eigenvalue weighted by atomic mass is 10.1. The summed E-state index contributed by atoms with van der Waals surface area (Å²) in [5.41, 5.74) is 3.16. The summed E-state index contributed by atoms with van der Waals surface area (Å²) in [6.45, 7) is 3.37. The maximum absolute atomic E-state index is 11.2. The van der Waals surface area contributed by atoms with E-state index >= 15 is 0 Å². The number of carbonyl (C=O) groups is 1. The van der Waals surface area contributed by atoms with E-state index in [-0.39, 0.29) is 11.7 Å². The van der Waals surface area contributed by atoms with Gasteiger partial charge in [-0.05, 0) is 67.2 Å². The minimum atomic E-state index is -0.116. The van der Waals surface area contributed by atoms with E-state index in [9.17, 15) is 9.90 Å². The van der Waals surface area contributed by atoms with Gasteiger partial charge in [0.1, 0.15) is 17.4 Å². The number of aromatic amines is 1. The fraction of sp³-hybridized carbons (Fsp3) is 0.0909. The number of carbonyl (C=O) groups excluding carboxylic acids is 1. The van der Waals surface area contributed by atoms with Gasteiger partial charge in [0.2, 0.25) is 5.91 Å². The van der Waals surface area contributed by atoms with Crippen LogP contribution in [0, 0.1) is 6.92 Å². The van der Waals surface area contributed by atoms with Crippen LogP contribution in [0.25, 0.3) is 11.3 Å². The Morgan fingerprint density at radius 3 is 2.42 bits per heavy atom. The van der Waals surface area contributed by atoms with Crippen LogP contribution in [-0.2, 0) is 4.79 Å². The van der Waals surface area contributed by atoms with Crippen molar-refractivity contribution in [3.63, 3.8) is 0 Å². The number of benzene rings is 2. The molecule has 0 bridgehead atoms. The quantitative estimate of drug-likeness (QED) is 0.325. The van der Waals surface area contributed by atoms with E-state index in [2.05, 4.69) is 30.8 Å². The number of anilines is 3. The van der Waals surface area contributed by atoms with Gasteiger partial charge >= 0.3 is 0 Å². The maximum Gasteiger partial charge on any atom is 0.221 e. The zero-order valence-corrected chi connectivity index (χ0v) is 17.7. The monoisotopic (exact) mass is 432 g/mol. The van der Waals surface area contributed by atoms with Gasteiger partial charge in [-0.3, -0.25) is 9.89 Å². The van der Waals surface area contributed by atoms with Crippen molar-refractivity contribution in [2.45, 2.75) is 23.9 Å². The van der Waals surface area contributed by atoms with E-state index in [0.717, 1.165) is 27.7 Å². The second-order valence-corrected chi connectivity index (χ2v) is 7.86. The van der Waals surface area contributed by atoms with Crippen LogP contribution in [0.2, 0.25) is 0 Å². The van der Waals surface area contributed by atoms with Crippen LogP contribution < -0.4 is 10.6 Å². The van der Waals surface area contributed by atoms with Crippen molar-refractivity contribution < 1.29 is 9.90 Å². The van der Waals surface area contributed by atoms with Gasteiger partial charge in [0.15, 0.2) is 5.16 Å². The van der Waals surface area contributed by atoms with Crippen LogP contribution in [0.1, 0.15) is 12.6 Å². The van der Waals surface area contributed by atoms with Crippen molar-refractivity contribution in [1.29, 1.82) is 0 Å². The smallest absolute Gasteiger partial charge is 0.221 e. The Hall–Kier alpha value is -3.85. The lowest BCUT2D eigenvalue weighted by molar-refractivity contribution is -0.114. The molecule has 4 rings (SSSR count). The van der Waals surface area contributed by atoms with Gasteiger partial charge in [-0.1, -0.05) is 0 Å². The molecule has 4 aromatic rings. The molecule has 0 unspecified atom stereocenters. The molecule has 0 saturated carbocycles. The molecule has 2 aromatic heterocycles.